The third-order valence-electron chi connectivity index (χ3n) is 7.60. The van der Waals surface area contributed by atoms with Crippen molar-refractivity contribution < 1.29 is 73.9 Å². The van der Waals surface area contributed by atoms with Gasteiger partial charge in [0.05, 0.1) is 41.5 Å². The lowest BCUT2D eigenvalue weighted by Gasteiger charge is -2.05. The molecule has 0 unspecified atom stereocenters. The van der Waals surface area contributed by atoms with Gasteiger partial charge in [0, 0.05) is 18.2 Å². The van der Waals surface area contributed by atoms with Gasteiger partial charge in [0.25, 0.3) is 16.6 Å². The number of benzene rings is 5. The van der Waals surface area contributed by atoms with Crippen LogP contribution in [0.4, 0.5) is 63.6 Å². The molecule has 0 amide bonds. The van der Waals surface area contributed by atoms with Gasteiger partial charge in [-0.15, -0.1) is 0 Å². The average Bonchev–Trinajstić information content (AvgIpc) is 3.16. The minimum atomic E-state index is -1.43. The van der Waals surface area contributed by atoms with Crippen LogP contribution in [0.1, 0.15) is 79.5 Å². The normalized spacial score (nSPS) is 9.88. The molecule has 0 saturated carbocycles. The summed E-state index contributed by atoms with van der Waals surface area (Å²) < 4.78 is 103. The summed E-state index contributed by atoms with van der Waals surface area (Å²) in [6.45, 7) is 4.25. The Morgan fingerprint density at radius 3 is 1.12 bits per heavy atom. The molecular formula is C39H27BrClF8N5O11. The summed E-state index contributed by atoms with van der Waals surface area (Å²) in [6.07, 6.45) is 0. The van der Waals surface area contributed by atoms with Crippen molar-refractivity contribution in [2.45, 2.75) is 27.7 Å². The second kappa shape index (κ2) is 24.3. The number of nitrogens with zero attached hydrogens (tertiary/aromatic N) is 3. The highest BCUT2D eigenvalue weighted by molar-refractivity contribution is 9.10. The molecule has 0 aliphatic rings. The summed E-state index contributed by atoms with van der Waals surface area (Å²) >= 11 is 7.68. The van der Waals surface area contributed by atoms with Crippen LogP contribution >= 0.6 is 27.5 Å². The number of nitro benzene ring substituents is 3. The highest BCUT2D eigenvalue weighted by atomic mass is 79.9. The molecule has 0 bridgehead atoms. The maximum atomic E-state index is 13.4. The maximum absolute atomic E-state index is 13.4. The Labute approximate surface area is 372 Å². The van der Waals surface area contributed by atoms with Crippen LogP contribution in [0.3, 0.4) is 0 Å². The summed E-state index contributed by atoms with van der Waals surface area (Å²) in [6, 6.07) is 10.5. The van der Waals surface area contributed by atoms with Crippen LogP contribution in [0, 0.1) is 76.9 Å². The van der Waals surface area contributed by atoms with E-state index < -0.39 is 146 Å². The largest absolute Gasteiger partial charge is 0.392 e. The van der Waals surface area contributed by atoms with Crippen molar-refractivity contribution in [3.63, 3.8) is 0 Å². The Balaban J connectivity index is 0.000000408. The van der Waals surface area contributed by atoms with Crippen molar-refractivity contribution in [2.75, 3.05) is 11.5 Å². The Kier molecular flexibility index (Phi) is 20.8. The fourth-order valence-electron chi connectivity index (χ4n) is 4.75. The first-order chi connectivity index (χ1) is 30.0. The molecule has 0 heterocycles. The van der Waals surface area contributed by atoms with Crippen molar-refractivity contribution in [3.05, 3.63) is 176 Å². The number of carbonyl (C=O) groups excluding carboxylic acids is 5. The fourth-order valence-corrected chi connectivity index (χ4v) is 5.34. The molecule has 5 aromatic rings. The van der Waals surface area contributed by atoms with Crippen molar-refractivity contribution in [3.8, 4) is 0 Å². The summed E-state index contributed by atoms with van der Waals surface area (Å²) in [7, 11) is 0. The third kappa shape index (κ3) is 14.8. The minimum absolute atomic E-state index is 0.159. The van der Waals surface area contributed by atoms with Crippen LogP contribution in [0.15, 0.2) is 71.2 Å². The molecule has 0 aliphatic carbocycles. The highest BCUT2D eigenvalue weighted by Crippen LogP contribution is 2.33. The Bertz CT molecular complexity index is 2570. The van der Waals surface area contributed by atoms with Crippen molar-refractivity contribution >= 4 is 84.3 Å². The monoisotopic (exact) mass is 1010 g/mol. The fraction of sp³-hybridized carbons (Fsp3) is 0.103. The van der Waals surface area contributed by atoms with E-state index in [0.29, 0.717) is 12.1 Å². The zero-order chi connectivity index (χ0) is 50.4. The summed E-state index contributed by atoms with van der Waals surface area (Å²) in [5, 5.41) is 30.0. The number of halogens is 10. The van der Waals surface area contributed by atoms with E-state index in [2.05, 4.69) is 15.9 Å². The highest BCUT2D eigenvalue weighted by Gasteiger charge is 2.26. The van der Waals surface area contributed by atoms with E-state index in [0.717, 1.165) is 76.2 Å². The predicted molar refractivity (Wildman–Crippen MR) is 219 cm³/mol. The van der Waals surface area contributed by atoms with E-state index in [4.69, 9.17) is 23.1 Å². The molecule has 344 valence electrons. The number of nitro groups is 3. The SMILES string of the molecule is CC(=O)c1c(F)ccc([N+](=O)[O-])c1F.CC(=O)c1c(F)ccc([N+](=O)[O-])c1N.CC(=O)c1c(F)cccc1F.CC(=O)c1c(N)c([N+](=O)[O-])cc(Br)c1F.O=C(Cl)c1c(F)cccc1F. The second-order valence-electron chi connectivity index (χ2n) is 12.1. The molecule has 65 heavy (non-hydrogen) atoms. The van der Waals surface area contributed by atoms with Crippen LogP contribution in [0.2, 0.25) is 0 Å². The van der Waals surface area contributed by atoms with Gasteiger partial charge in [-0.3, -0.25) is 54.3 Å². The zero-order valence-electron chi connectivity index (χ0n) is 33.1. The van der Waals surface area contributed by atoms with E-state index in [1.165, 1.54) is 6.07 Å². The lowest BCUT2D eigenvalue weighted by atomic mass is 10.1. The van der Waals surface area contributed by atoms with Crippen LogP contribution in [0.5, 0.6) is 0 Å². The minimum Gasteiger partial charge on any atom is -0.392 e. The standard InChI is InChI=1S/C8H6BrFN2O3.C8H5F2NO3.C8H6F2O.C8H7FN2O3.C7H3ClF2O/c1-3(13)6-7(10)4(9)2-5(8(6)11)12(14)15;1-4(12)7-5(9)2-3-6(8(7)10)11(13)14;1-5(11)8-6(9)3-2-4-7(8)10;1-4(12)7-5(9)2-3-6(8(7)10)11(13)14;8-7(11)6-4(9)2-1-3-5(6)10/h2H,11H2,1H3;2-3H,1H3;2-4H,1H3;2-3H,10H2,1H3;1-3H. The van der Waals surface area contributed by atoms with Crippen molar-refractivity contribution in [1.82, 2.24) is 0 Å². The number of hydrogen-bond acceptors (Lipinski definition) is 13. The molecule has 0 aliphatic heterocycles. The molecule has 5 rings (SSSR count). The molecule has 0 saturated heterocycles. The molecule has 4 N–H and O–H groups in total. The van der Waals surface area contributed by atoms with Crippen LogP contribution in [-0.4, -0.2) is 43.1 Å². The Morgan fingerprint density at radius 1 is 0.477 bits per heavy atom. The molecule has 0 spiro atoms. The summed E-state index contributed by atoms with van der Waals surface area (Å²) in [4.78, 5) is 82.3. The van der Waals surface area contributed by atoms with Gasteiger partial charge in [-0.05, 0) is 91.6 Å². The van der Waals surface area contributed by atoms with Crippen molar-refractivity contribution in [2.24, 2.45) is 0 Å². The Hall–Kier alpha value is -7.54. The zero-order valence-corrected chi connectivity index (χ0v) is 35.5. The van der Waals surface area contributed by atoms with Crippen molar-refractivity contribution in [1.29, 1.82) is 0 Å². The number of ketones is 4. The number of carbonyl (C=O) groups is 5. The maximum Gasteiger partial charge on any atom is 0.305 e. The lowest BCUT2D eigenvalue weighted by Crippen LogP contribution is -2.07. The number of hydrogen-bond donors (Lipinski definition) is 2. The first-order valence-electron chi connectivity index (χ1n) is 16.9. The first kappa shape index (κ1) is 55.5. The Morgan fingerprint density at radius 2 is 0.800 bits per heavy atom. The number of rotatable bonds is 8. The molecule has 0 aromatic heterocycles. The second-order valence-corrected chi connectivity index (χ2v) is 13.3. The van der Waals surface area contributed by atoms with E-state index in [9.17, 15) is 89.4 Å². The summed E-state index contributed by atoms with van der Waals surface area (Å²) in [5.74, 6) is -10.5. The lowest BCUT2D eigenvalue weighted by molar-refractivity contribution is -0.387. The summed E-state index contributed by atoms with van der Waals surface area (Å²) in [5.41, 5.74) is 4.94. The molecule has 0 radical (unpaired) electrons. The predicted octanol–water partition coefficient (Wildman–Crippen LogP) is 10.4. The van der Waals surface area contributed by atoms with E-state index in [1.54, 1.807) is 0 Å². The molecule has 5 aromatic carbocycles. The van der Waals surface area contributed by atoms with Gasteiger partial charge in [-0.1, -0.05) is 12.1 Å². The van der Waals surface area contributed by atoms with E-state index >= 15 is 0 Å². The van der Waals surface area contributed by atoms with Gasteiger partial charge < -0.3 is 11.5 Å². The number of nitrogens with two attached hydrogens (primary N) is 2. The molecular weight excluding hydrogens is 982 g/mol. The van der Waals surface area contributed by atoms with Gasteiger partial charge in [-0.2, -0.15) is 4.39 Å². The molecule has 0 atom stereocenters. The average molecular weight is 1010 g/mol. The van der Waals surface area contributed by atoms with Gasteiger partial charge >= 0.3 is 5.69 Å². The quantitative estimate of drug-likeness (QED) is 0.0366. The van der Waals surface area contributed by atoms with Gasteiger partial charge in [0.15, 0.2) is 29.0 Å². The smallest absolute Gasteiger partial charge is 0.305 e. The van der Waals surface area contributed by atoms with Crippen LogP contribution < -0.4 is 11.5 Å². The molecule has 16 nitrogen and oxygen atoms in total. The van der Waals surface area contributed by atoms with Crippen LogP contribution in [-0.2, 0) is 0 Å². The van der Waals surface area contributed by atoms with E-state index in [-0.39, 0.29) is 4.47 Å². The first-order valence-corrected chi connectivity index (χ1v) is 18.1. The van der Waals surface area contributed by atoms with Gasteiger partial charge in [-0.25, -0.2) is 30.7 Å². The molecule has 0 fully saturated rings. The molecule has 26 heteroatoms. The third-order valence-corrected chi connectivity index (χ3v) is 8.37. The number of nitrogen functional groups attached to an aromatic ring is 2. The number of anilines is 2. The van der Waals surface area contributed by atoms with E-state index in [1.807, 2.05) is 0 Å². The van der Waals surface area contributed by atoms with Gasteiger partial charge in [0.1, 0.15) is 51.8 Å². The topological polar surface area (TPSA) is 267 Å². The number of Topliss-reactive ketones (excluding diaryl/α,β-unsaturated/α-hetero) is 4. The van der Waals surface area contributed by atoms with Gasteiger partial charge in [0.2, 0.25) is 5.82 Å². The van der Waals surface area contributed by atoms with Crippen LogP contribution in [0.25, 0.3) is 0 Å².